The van der Waals surface area contributed by atoms with Crippen LogP contribution in [0.2, 0.25) is 0 Å². The van der Waals surface area contributed by atoms with Gasteiger partial charge in [0.1, 0.15) is 0 Å². The van der Waals surface area contributed by atoms with Crippen LogP contribution in [0.15, 0.2) is 12.7 Å². The van der Waals surface area contributed by atoms with Crippen molar-refractivity contribution < 1.29 is 9.53 Å². The topological polar surface area (TPSA) is 50.4 Å². The molecular formula is C9H16N2O2. The van der Waals surface area contributed by atoms with Gasteiger partial charge in [0.2, 0.25) is 5.91 Å². The summed E-state index contributed by atoms with van der Waals surface area (Å²) in [6.45, 7) is 7.56. The molecule has 4 heteroatoms. The van der Waals surface area contributed by atoms with Crippen LogP contribution in [0.5, 0.6) is 0 Å². The normalized spacial score (nSPS) is 27.2. The first-order valence-corrected chi connectivity index (χ1v) is 4.52. The van der Waals surface area contributed by atoms with Gasteiger partial charge in [-0.3, -0.25) is 4.79 Å². The number of carbonyl (C=O) groups excluding carboxylic acids is 1. The summed E-state index contributed by atoms with van der Waals surface area (Å²) in [5.41, 5.74) is 0. The van der Waals surface area contributed by atoms with Crippen LogP contribution in [0.3, 0.4) is 0 Å². The van der Waals surface area contributed by atoms with E-state index < -0.39 is 0 Å². The SMILES string of the molecule is C=CC(=O)N[C@H]1COC[C@H]1NCC. The van der Waals surface area contributed by atoms with Crippen LogP contribution >= 0.6 is 0 Å². The van der Waals surface area contributed by atoms with Crippen LogP contribution in [0.1, 0.15) is 6.92 Å². The molecule has 0 aromatic carbocycles. The second kappa shape index (κ2) is 4.99. The van der Waals surface area contributed by atoms with Crippen molar-refractivity contribution in [1.29, 1.82) is 0 Å². The molecule has 0 unspecified atom stereocenters. The molecule has 0 aliphatic carbocycles. The van der Waals surface area contributed by atoms with Gasteiger partial charge in [0.25, 0.3) is 0 Å². The molecule has 1 aliphatic heterocycles. The molecule has 0 bridgehead atoms. The third-order valence-electron chi connectivity index (χ3n) is 2.06. The standard InChI is InChI=1S/C9H16N2O2/c1-3-9(12)11-8-6-13-5-7(8)10-4-2/h3,7-8,10H,1,4-6H2,2H3,(H,11,12)/t7-,8+/m1/s1. The highest BCUT2D eigenvalue weighted by molar-refractivity contribution is 5.87. The maximum absolute atomic E-state index is 11.0. The number of ether oxygens (including phenoxy) is 1. The summed E-state index contributed by atoms with van der Waals surface area (Å²) >= 11 is 0. The van der Waals surface area contributed by atoms with Gasteiger partial charge < -0.3 is 15.4 Å². The van der Waals surface area contributed by atoms with E-state index in [-0.39, 0.29) is 18.0 Å². The smallest absolute Gasteiger partial charge is 0.243 e. The van der Waals surface area contributed by atoms with Gasteiger partial charge >= 0.3 is 0 Å². The number of amides is 1. The van der Waals surface area contributed by atoms with E-state index >= 15 is 0 Å². The largest absolute Gasteiger partial charge is 0.378 e. The number of likely N-dealkylation sites (N-methyl/N-ethyl adjacent to an activating group) is 1. The minimum atomic E-state index is -0.140. The summed E-state index contributed by atoms with van der Waals surface area (Å²) < 4.78 is 5.26. The fraction of sp³-hybridized carbons (Fsp3) is 0.667. The van der Waals surface area contributed by atoms with E-state index in [1.54, 1.807) is 0 Å². The fourth-order valence-electron chi connectivity index (χ4n) is 1.40. The van der Waals surface area contributed by atoms with Crippen molar-refractivity contribution >= 4 is 5.91 Å². The summed E-state index contributed by atoms with van der Waals surface area (Å²) in [6, 6.07) is 0.305. The monoisotopic (exact) mass is 184 g/mol. The van der Waals surface area contributed by atoms with Gasteiger partial charge in [0.05, 0.1) is 25.3 Å². The van der Waals surface area contributed by atoms with Crippen molar-refractivity contribution in [3.8, 4) is 0 Å². The second-order valence-electron chi connectivity index (χ2n) is 3.02. The molecule has 0 aromatic rings. The molecule has 4 nitrogen and oxygen atoms in total. The Morgan fingerprint density at radius 3 is 2.92 bits per heavy atom. The van der Waals surface area contributed by atoms with E-state index in [0.29, 0.717) is 13.2 Å². The van der Waals surface area contributed by atoms with Gasteiger partial charge in [-0.1, -0.05) is 13.5 Å². The van der Waals surface area contributed by atoms with E-state index in [2.05, 4.69) is 17.2 Å². The summed E-state index contributed by atoms with van der Waals surface area (Å²) in [5.74, 6) is -0.140. The Labute approximate surface area is 78.3 Å². The first-order chi connectivity index (χ1) is 6.27. The second-order valence-corrected chi connectivity index (χ2v) is 3.02. The lowest BCUT2D eigenvalue weighted by Crippen LogP contribution is -2.48. The van der Waals surface area contributed by atoms with Gasteiger partial charge in [-0.2, -0.15) is 0 Å². The van der Waals surface area contributed by atoms with E-state index in [0.717, 1.165) is 6.54 Å². The third kappa shape index (κ3) is 2.82. The van der Waals surface area contributed by atoms with E-state index in [4.69, 9.17) is 4.74 Å². The number of rotatable bonds is 4. The van der Waals surface area contributed by atoms with Crippen molar-refractivity contribution in [2.24, 2.45) is 0 Å². The molecule has 2 N–H and O–H groups in total. The minimum Gasteiger partial charge on any atom is -0.378 e. The van der Waals surface area contributed by atoms with Crippen LogP contribution in [-0.2, 0) is 9.53 Å². The van der Waals surface area contributed by atoms with Crippen LogP contribution in [0, 0.1) is 0 Å². The van der Waals surface area contributed by atoms with Crippen LogP contribution in [0.25, 0.3) is 0 Å². The zero-order chi connectivity index (χ0) is 9.68. The fourth-order valence-corrected chi connectivity index (χ4v) is 1.40. The molecule has 74 valence electrons. The summed E-state index contributed by atoms with van der Waals surface area (Å²) in [6.07, 6.45) is 1.28. The van der Waals surface area contributed by atoms with Gasteiger partial charge in [-0.25, -0.2) is 0 Å². The molecule has 1 heterocycles. The lowest BCUT2D eigenvalue weighted by atomic mass is 10.1. The highest BCUT2D eigenvalue weighted by atomic mass is 16.5. The third-order valence-corrected chi connectivity index (χ3v) is 2.06. The number of hydrogen-bond donors (Lipinski definition) is 2. The van der Waals surface area contributed by atoms with E-state index in [1.165, 1.54) is 6.08 Å². The average Bonchev–Trinajstić information content (AvgIpc) is 2.54. The Kier molecular flexibility index (Phi) is 3.92. The molecule has 1 amide bonds. The van der Waals surface area contributed by atoms with Gasteiger partial charge in [-0.15, -0.1) is 0 Å². The molecule has 1 aliphatic rings. The molecule has 1 rings (SSSR count). The number of nitrogens with one attached hydrogen (secondary N) is 2. The van der Waals surface area contributed by atoms with Crippen molar-refractivity contribution in [3.05, 3.63) is 12.7 Å². The molecule has 0 spiro atoms. The highest BCUT2D eigenvalue weighted by Gasteiger charge is 2.27. The zero-order valence-corrected chi connectivity index (χ0v) is 7.88. The molecule has 1 saturated heterocycles. The number of hydrogen-bond acceptors (Lipinski definition) is 3. The quantitative estimate of drug-likeness (QED) is 0.588. The van der Waals surface area contributed by atoms with Crippen molar-refractivity contribution in [1.82, 2.24) is 10.6 Å². The maximum Gasteiger partial charge on any atom is 0.243 e. The molecule has 0 saturated carbocycles. The van der Waals surface area contributed by atoms with E-state index in [9.17, 15) is 4.79 Å². The molecular weight excluding hydrogens is 168 g/mol. The zero-order valence-electron chi connectivity index (χ0n) is 7.88. The molecule has 2 atom stereocenters. The Balaban J connectivity index is 2.38. The van der Waals surface area contributed by atoms with Gasteiger partial charge in [-0.05, 0) is 12.6 Å². The first kappa shape index (κ1) is 10.2. The predicted molar refractivity (Wildman–Crippen MR) is 50.4 cm³/mol. The van der Waals surface area contributed by atoms with Crippen LogP contribution in [-0.4, -0.2) is 37.7 Å². The Morgan fingerprint density at radius 2 is 2.31 bits per heavy atom. The lowest BCUT2D eigenvalue weighted by Gasteiger charge is -2.18. The molecule has 0 radical (unpaired) electrons. The molecule has 1 fully saturated rings. The molecule has 0 aromatic heterocycles. The first-order valence-electron chi connectivity index (χ1n) is 4.52. The van der Waals surface area contributed by atoms with Crippen molar-refractivity contribution in [3.63, 3.8) is 0 Å². The Morgan fingerprint density at radius 1 is 1.62 bits per heavy atom. The van der Waals surface area contributed by atoms with Crippen LogP contribution < -0.4 is 10.6 Å². The average molecular weight is 184 g/mol. The Hall–Kier alpha value is -0.870. The number of carbonyl (C=O) groups is 1. The summed E-state index contributed by atoms with van der Waals surface area (Å²) in [4.78, 5) is 11.0. The van der Waals surface area contributed by atoms with Crippen LogP contribution in [0.4, 0.5) is 0 Å². The summed E-state index contributed by atoms with van der Waals surface area (Å²) in [7, 11) is 0. The maximum atomic E-state index is 11.0. The van der Waals surface area contributed by atoms with Gasteiger partial charge in [0, 0.05) is 0 Å². The molecule has 13 heavy (non-hydrogen) atoms. The van der Waals surface area contributed by atoms with Crippen molar-refractivity contribution in [2.75, 3.05) is 19.8 Å². The predicted octanol–water partition coefficient (Wildman–Crippen LogP) is -0.335. The van der Waals surface area contributed by atoms with E-state index in [1.807, 2.05) is 6.92 Å². The summed E-state index contributed by atoms with van der Waals surface area (Å²) in [5, 5.41) is 6.07. The van der Waals surface area contributed by atoms with Crippen molar-refractivity contribution in [2.45, 2.75) is 19.0 Å². The minimum absolute atomic E-state index is 0.0745. The van der Waals surface area contributed by atoms with Gasteiger partial charge in [0.15, 0.2) is 0 Å². The lowest BCUT2D eigenvalue weighted by molar-refractivity contribution is -0.117. The Bertz CT molecular complexity index is 194. The highest BCUT2D eigenvalue weighted by Crippen LogP contribution is 2.05.